The van der Waals surface area contributed by atoms with E-state index in [9.17, 15) is 19.2 Å². The zero-order chi connectivity index (χ0) is 26.1. The molecule has 0 atom stereocenters. The number of amides is 2. The van der Waals surface area contributed by atoms with Gasteiger partial charge in [0.2, 0.25) is 11.6 Å². The molecule has 0 bridgehead atoms. The fourth-order valence-electron chi connectivity index (χ4n) is 2.54. The van der Waals surface area contributed by atoms with Crippen LogP contribution in [0.25, 0.3) is 0 Å². The highest BCUT2D eigenvalue weighted by Gasteiger charge is 2.25. The maximum Gasteiger partial charge on any atom is 0.414 e. The molecule has 1 heterocycles. The first-order valence-electron chi connectivity index (χ1n) is 10.3. The van der Waals surface area contributed by atoms with Gasteiger partial charge in [-0.05, 0) is 31.9 Å². The van der Waals surface area contributed by atoms with Gasteiger partial charge in [0, 0.05) is 11.6 Å². The van der Waals surface area contributed by atoms with E-state index in [1.165, 1.54) is 25.1 Å². The van der Waals surface area contributed by atoms with Crippen LogP contribution in [0.15, 0.2) is 28.1 Å². The number of H-pyrrole nitrogens is 1. The number of esters is 1. The molecule has 12 nitrogen and oxygen atoms in total. The van der Waals surface area contributed by atoms with Crippen LogP contribution in [0.2, 0.25) is 10.0 Å². The Labute approximate surface area is 209 Å². The van der Waals surface area contributed by atoms with Crippen molar-refractivity contribution in [3.05, 3.63) is 44.2 Å². The van der Waals surface area contributed by atoms with Gasteiger partial charge in [-0.2, -0.15) is 5.10 Å². The van der Waals surface area contributed by atoms with Crippen LogP contribution in [0, 0.1) is 0 Å². The number of hydrazone groups is 1. The van der Waals surface area contributed by atoms with Gasteiger partial charge in [-0.15, -0.1) is 5.10 Å². The average molecular weight is 528 g/mol. The maximum absolute atomic E-state index is 12.3. The lowest BCUT2D eigenvalue weighted by atomic mass is 10.1. The number of nitrogens with one attached hydrogen (secondary N) is 3. The Morgan fingerprint density at radius 1 is 1.09 bits per heavy atom. The second kappa shape index (κ2) is 12.7. The lowest BCUT2D eigenvalue weighted by Gasteiger charge is -2.12. The van der Waals surface area contributed by atoms with E-state index in [1.807, 2.05) is 19.2 Å². The van der Waals surface area contributed by atoms with Crippen LogP contribution in [-0.4, -0.2) is 47.1 Å². The molecule has 0 aliphatic carbocycles. The van der Waals surface area contributed by atoms with E-state index in [0.29, 0.717) is 5.56 Å². The second-order valence-corrected chi connectivity index (χ2v) is 7.80. The standard InChI is InChI=1S/C21H23Cl2N5O7/c1-5-33-20(31)16(19(30)24-21(32)34-6-2)27-25-11-7-13(22)17(14(23)8-11)35-15-9-12(10(3)4)18(29)28-26-15/h7-10,25H,5-6H2,1-4H3,(H,28,29)(H,24,30,32)/b27-16+. The van der Waals surface area contributed by atoms with Crippen molar-refractivity contribution in [2.75, 3.05) is 18.6 Å². The molecule has 0 spiro atoms. The number of ether oxygens (including phenoxy) is 3. The summed E-state index contributed by atoms with van der Waals surface area (Å²) >= 11 is 12.6. The highest BCUT2D eigenvalue weighted by molar-refractivity contribution is 6.64. The number of alkyl carbamates (subject to hydrolysis) is 1. The minimum absolute atomic E-state index is 0.0159. The number of aromatic amines is 1. The number of anilines is 1. The van der Waals surface area contributed by atoms with E-state index in [4.69, 9.17) is 32.7 Å². The van der Waals surface area contributed by atoms with Crippen LogP contribution in [-0.2, 0) is 19.1 Å². The van der Waals surface area contributed by atoms with Gasteiger partial charge in [0.15, 0.2) is 5.75 Å². The molecule has 0 aliphatic rings. The molecule has 1 aromatic heterocycles. The number of rotatable bonds is 9. The van der Waals surface area contributed by atoms with Crippen molar-refractivity contribution in [3.63, 3.8) is 0 Å². The van der Waals surface area contributed by atoms with Crippen molar-refractivity contribution < 1.29 is 28.6 Å². The monoisotopic (exact) mass is 527 g/mol. The third-order valence-corrected chi connectivity index (χ3v) is 4.67. The molecule has 2 amide bonds. The fraction of sp³-hybridized carbons (Fsp3) is 0.333. The zero-order valence-corrected chi connectivity index (χ0v) is 20.7. The topological polar surface area (TPSA) is 161 Å². The first kappa shape index (κ1) is 27.6. The van der Waals surface area contributed by atoms with E-state index in [1.54, 1.807) is 6.92 Å². The molecule has 35 heavy (non-hydrogen) atoms. The number of hydrogen-bond donors (Lipinski definition) is 3. The molecule has 0 saturated carbocycles. The third-order valence-electron chi connectivity index (χ3n) is 4.11. The van der Waals surface area contributed by atoms with E-state index in [0.717, 1.165) is 0 Å². The van der Waals surface area contributed by atoms with Crippen molar-refractivity contribution in [3.8, 4) is 11.6 Å². The molecule has 3 N–H and O–H groups in total. The van der Waals surface area contributed by atoms with Gasteiger partial charge in [-0.25, -0.2) is 14.7 Å². The summed E-state index contributed by atoms with van der Waals surface area (Å²) in [6.45, 7) is 6.74. The smallest absolute Gasteiger partial charge is 0.414 e. The number of aromatic nitrogens is 2. The molecule has 0 fully saturated rings. The largest absolute Gasteiger partial charge is 0.461 e. The third kappa shape index (κ3) is 7.69. The maximum atomic E-state index is 12.3. The normalized spacial score (nSPS) is 11.1. The average Bonchev–Trinajstić information content (AvgIpc) is 2.77. The molecule has 0 radical (unpaired) electrons. The summed E-state index contributed by atoms with van der Waals surface area (Å²) in [5.41, 5.74) is 2.01. The summed E-state index contributed by atoms with van der Waals surface area (Å²) in [6, 6.07) is 4.18. The summed E-state index contributed by atoms with van der Waals surface area (Å²) in [5, 5.41) is 11.8. The predicted octanol–water partition coefficient (Wildman–Crippen LogP) is 3.60. The number of hydrogen-bond acceptors (Lipinski definition) is 10. The van der Waals surface area contributed by atoms with Crippen molar-refractivity contribution in [1.29, 1.82) is 0 Å². The van der Waals surface area contributed by atoms with Crippen molar-refractivity contribution >= 4 is 52.6 Å². The number of nitrogens with zero attached hydrogens (tertiary/aromatic N) is 2. The van der Waals surface area contributed by atoms with Crippen molar-refractivity contribution in [2.24, 2.45) is 5.10 Å². The molecule has 0 unspecified atom stereocenters. The molecule has 2 rings (SSSR count). The summed E-state index contributed by atoms with van der Waals surface area (Å²) < 4.78 is 15.1. The van der Waals surface area contributed by atoms with Crippen molar-refractivity contribution in [2.45, 2.75) is 33.6 Å². The number of halogens is 2. The molecule has 14 heteroatoms. The van der Waals surface area contributed by atoms with E-state index >= 15 is 0 Å². The van der Waals surface area contributed by atoms with Crippen LogP contribution in [0.5, 0.6) is 11.6 Å². The predicted molar refractivity (Wildman–Crippen MR) is 128 cm³/mol. The van der Waals surface area contributed by atoms with Crippen LogP contribution in [0.1, 0.15) is 39.2 Å². The molecular weight excluding hydrogens is 505 g/mol. The van der Waals surface area contributed by atoms with E-state index in [-0.39, 0.29) is 52.1 Å². The first-order chi connectivity index (χ1) is 16.6. The van der Waals surface area contributed by atoms with Crippen LogP contribution >= 0.6 is 23.2 Å². The van der Waals surface area contributed by atoms with Gasteiger partial charge in [-0.3, -0.25) is 20.3 Å². The molecular formula is C21H23Cl2N5O7. The minimum Gasteiger partial charge on any atom is -0.461 e. The van der Waals surface area contributed by atoms with Gasteiger partial charge in [0.1, 0.15) is 0 Å². The Morgan fingerprint density at radius 3 is 2.29 bits per heavy atom. The summed E-state index contributed by atoms with van der Waals surface area (Å²) in [4.78, 5) is 47.8. The Morgan fingerprint density at radius 2 is 1.71 bits per heavy atom. The lowest BCUT2D eigenvalue weighted by molar-refractivity contribution is -0.135. The summed E-state index contributed by atoms with van der Waals surface area (Å²) in [5.74, 6) is -2.19. The van der Waals surface area contributed by atoms with E-state index in [2.05, 4.69) is 25.5 Å². The quantitative estimate of drug-likeness (QED) is 0.191. The van der Waals surface area contributed by atoms with Crippen LogP contribution in [0.4, 0.5) is 10.5 Å². The first-order valence-corrected chi connectivity index (χ1v) is 11.1. The Bertz CT molecular complexity index is 1170. The SMILES string of the molecule is CCOC(=O)NC(=O)/C(=N\Nc1cc(Cl)c(Oc2cc(C(C)C)c(=O)[nH]n2)c(Cl)c1)C(=O)OCC. The number of imide groups is 1. The highest BCUT2D eigenvalue weighted by atomic mass is 35.5. The van der Waals surface area contributed by atoms with Gasteiger partial charge in [0.05, 0.1) is 28.9 Å². The molecule has 2 aromatic rings. The Balaban J connectivity index is 2.28. The zero-order valence-electron chi connectivity index (χ0n) is 19.2. The minimum atomic E-state index is -1.14. The van der Waals surface area contributed by atoms with Crippen molar-refractivity contribution in [1.82, 2.24) is 15.5 Å². The fourth-order valence-corrected chi connectivity index (χ4v) is 3.10. The van der Waals surface area contributed by atoms with Gasteiger partial charge < -0.3 is 14.2 Å². The number of benzene rings is 1. The summed E-state index contributed by atoms with van der Waals surface area (Å²) in [6.07, 6.45) is -1.06. The van der Waals surface area contributed by atoms with Gasteiger partial charge in [0.25, 0.3) is 11.5 Å². The second-order valence-electron chi connectivity index (χ2n) is 6.98. The van der Waals surface area contributed by atoms with E-state index < -0.39 is 23.7 Å². The molecule has 1 aromatic carbocycles. The molecule has 0 saturated heterocycles. The Kier molecular flexibility index (Phi) is 10.0. The molecule has 0 aliphatic heterocycles. The Hall–Kier alpha value is -3.64. The van der Waals surface area contributed by atoms with Crippen LogP contribution in [0.3, 0.4) is 0 Å². The van der Waals surface area contributed by atoms with Gasteiger partial charge >= 0.3 is 12.1 Å². The highest BCUT2D eigenvalue weighted by Crippen LogP contribution is 2.38. The van der Waals surface area contributed by atoms with Gasteiger partial charge in [-0.1, -0.05) is 37.0 Å². The number of carbonyl (C=O) groups is 3. The molecule has 188 valence electrons. The summed E-state index contributed by atoms with van der Waals surface area (Å²) in [7, 11) is 0. The lowest BCUT2D eigenvalue weighted by Crippen LogP contribution is -2.41. The van der Waals surface area contributed by atoms with Crippen LogP contribution < -0.4 is 21.0 Å². The number of carbonyl (C=O) groups excluding carboxylic acids is 3.